The van der Waals surface area contributed by atoms with Crippen molar-refractivity contribution in [2.24, 2.45) is 5.73 Å². The van der Waals surface area contributed by atoms with E-state index in [1.165, 1.54) is 19.3 Å². The lowest BCUT2D eigenvalue weighted by molar-refractivity contribution is -0.124. The molecule has 0 aromatic rings. The van der Waals surface area contributed by atoms with E-state index in [0.29, 0.717) is 25.2 Å². The van der Waals surface area contributed by atoms with Crippen molar-refractivity contribution in [2.75, 3.05) is 39.8 Å². The van der Waals surface area contributed by atoms with Crippen molar-refractivity contribution in [3.63, 3.8) is 0 Å². The van der Waals surface area contributed by atoms with E-state index in [-0.39, 0.29) is 5.91 Å². The molecular weight excluding hydrogens is 240 g/mol. The van der Waals surface area contributed by atoms with E-state index >= 15 is 0 Å². The van der Waals surface area contributed by atoms with Crippen molar-refractivity contribution >= 4 is 5.91 Å². The summed E-state index contributed by atoms with van der Waals surface area (Å²) in [6, 6.07) is 0.723. The van der Waals surface area contributed by atoms with Crippen LogP contribution in [0.5, 0.6) is 0 Å². The number of nitrogens with two attached hydrogens (primary N) is 1. The molecule has 1 unspecified atom stereocenters. The molecule has 0 aromatic carbocycles. The van der Waals surface area contributed by atoms with Crippen LogP contribution in [-0.2, 0) is 4.79 Å². The van der Waals surface area contributed by atoms with Crippen LogP contribution in [0.2, 0.25) is 0 Å². The maximum Gasteiger partial charge on any atom is 0.234 e. The summed E-state index contributed by atoms with van der Waals surface area (Å²) in [5.74, 6) is 0.176. The normalized spacial score (nSPS) is 27.4. The standard InChI is InChI=1S/C14H28N4O/c1-17-7-8-18(13(9-15)10-17)11-14(19)16-12-5-3-2-4-6-12/h12-13H,2-11,15H2,1H3,(H,16,19). The molecule has 5 nitrogen and oxygen atoms in total. The van der Waals surface area contributed by atoms with Gasteiger partial charge >= 0.3 is 0 Å². The van der Waals surface area contributed by atoms with Gasteiger partial charge in [0.15, 0.2) is 0 Å². The lowest BCUT2D eigenvalue weighted by atomic mass is 9.95. The molecule has 2 fully saturated rings. The molecule has 2 aliphatic rings. The Labute approximate surface area is 116 Å². The topological polar surface area (TPSA) is 61.6 Å². The van der Waals surface area contributed by atoms with Gasteiger partial charge in [-0.15, -0.1) is 0 Å². The third-order valence-electron chi connectivity index (χ3n) is 4.40. The second-order valence-electron chi connectivity index (χ2n) is 6.02. The van der Waals surface area contributed by atoms with E-state index in [4.69, 9.17) is 5.73 Å². The molecule has 1 aliphatic carbocycles. The summed E-state index contributed by atoms with van der Waals surface area (Å²) in [4.78, 5) is 16.6. The first-order valence-electron chi connectivity index (χ1n) is 7.61. The van der Waals surface area contributed by atoms with Gasteiger partial charge in [0.25, 0.3) is 0 Å². The van der Waals surface area contributed by atoms with Gasteiger partial charge in [0.2, 0.25) is 5.91 Å². The summed E-state index contributed by atoms with van der Waals surface area (Å²) in [7, 11) is 2.11. The summed E-state index contributed by atoms with van der Waals surface area (Å²) < 4.78 is 0. The van der Waals surface area contributed by atoms with E-state index in [9.17, 15) is 4.79 Å². The zero-order chi connectivity index (χ0) is 13.7. The SMILES string of the molecule is CN1CCN(CC(=O)NC2CCCCC2)C(CN)C1. The van der Waals surface area contributed by atoms with Crippen LogP contribution in [-0.4, -0.2) is 67.6 Å². The van der Waals surface area contributed by atoms with Crippen LogP contribution in [0.1, 0.15) is 32.1 Å². The number of amides is 1. The van der Waals surface area contributed by atoms with E-state index in [2.05, 4.69) is 22.2 Å². The zero-order valence-electron chi connectivity index (χ0n) is 12.1. The maximum absolute atomic E-state index is 12.1. The first-order chi connectivity index (χ1) is 9.19. The molecule has 1 saturated heterocycles. The van der Waals surface area contributed by atoms with Crippen LogP contribution in [0.15, 0.2) is 0 Å². The third kappa shape index (κ3) is 4.44. The van der Waals surface area contributed by atoms with Crippen LogP contribution in [0.4, 0.5) is 0 Å². The quantitative estimate of drug-likeness (QED) is 0.754. The van der Waals surface area contributed by atoms with Gasteiger partial charge < -0.3 is 16.0 Å². The van der Waals surface area contributed by atoms with Crippen LogP contribution < -0.4 is 11.1 Å². The number of hydrogen-bond acceptors (Lipinski definition) is 4. The Morgan fingerprint density at radius 3 is 2.68 bits per heavy atom. The average Bonchev–Trinajstić information content (AvgIpc) is 2.42. The number of nitrogens with one attached hydrogen (secondary N) is 1. The molecule has 0 aromatic heterocycles. The minimum absolute atomic E-state index is 0.176. The van der Waals surface area contributed by atoms with Gasteiger partial charge in [-0.3, -0.25) is 9.69 Å². The predicted molar refractivity (Wildman–Crippen MR) is 76.9 cm³/mol. The Hall–Kier alpha value is -0.650. The van der Waals surface area contributed by atoms with E-state index < -0.39 is 0 Å². The molecule has 3 N–H and O–H groups in total. The van der Waals surface area contributed by atoms with Crippen molar-refractivity contribution in [1.82, 2.24) is 15.1 Å². The summed E-state index contributed by atoms with van der Waals surface area (Å²) in [6.07, 6.45) is 6.12. The molecule has 1 atom stereocenters. The van der Waals surface area contributed by atoms with E-state index in [1.807, 2.05) is 0 Å². The Kier molecular flexibility index (Phi) is 5.60. The molecule has 1 heterocycles. The Morgan fingerprint density at radius 2 is 2.00 bits per heavy atom. The van der Waals surface area contributed by atoms with Crippen LogP contribution in [0, 0.1) is 0 Å². The lowest BCUT2D eigenvalue weighted by Crippen LogP contribution is -2.57. The van der Waals surface area contributed by atoms with Gasteiger partial charge in [-0.2, -0.15) is 0 Å². The van der Waals surface area contributed by atoms with Crippen molar-refractivity contribution in [3.8, 4) is 0 Å². The van der Waals surface area contributed by atoms with Crippen LogP contribution in [0.25, 0.3) is 0 Å². The van der Waals surface area contributed by atoms with Gasteiger partial charge in [0, 0.05) is 38.3 Å². The highest BCUT2D eigenvalue weighted by Crippen LogP contribution is 2.17. The number of hydrogen-bond donors (Lipinski definition) is 2. The van der Waals surface area contributed by atoms with E-state index in [0.717, 1.165) is 32.5 Å². The predicted octanol–water partition coefficient (Wildman–Crippen LogP) is 0.0100. The summed E-state index contributed by atoms with van der Waals surface area (Å²) >= 11 is 0. The second-order valence-corrected chi connectivity index (χ2v) is 6.02. The van der Waals surface area contributed by atoms with Crippen molar-refractivity contribution < 1.29 is 4.79 Å². The summed E-state index contributed by atoms with van der Waals surface area (Å²) in [5, 5.41) is 3.19. The highest BCUT2D eigenvalue weighted by molar-refractivity contribution is 5.78. The molecule has 0 spiro atoms. The number of carbonyl (C=O) groups excluding carboxylic acids is 1. The fraction of sp³-hybridized carbons (Fsp3) is 0.929. The van der Waals surface area contributed by atoms with Gasteiger partial charge in [0.05, 0.1) is 6.54 Å². The summed E-state index contributed by atoms with van der Waals surface area (Å²) in [6.45, 7) is 4.06. The monoisotopic (exact) mass is 268 g/mol. The molecule has 19 heavy (non-hydrogen) atoms. The fourth-order valence-corrected chi connectivity index (χ4v) is 3.18. The third-order valence-corrected chi connectivity index (χ3v) is 4.40. The number of piperazine rings is 1. The highest BCUT2D eigenvalue weighted by Gasteiger charge is 2.26. The number of nitrogens with zero attached hydrogens (tertiary/aromatic N) is 2. The minimum Gasteiger partial charge on any atom is -0.352 e. The molecular formula is C14H28N4O. The Balaban J connectivity index is 1.77. The Bertz CT molecular complexity index is 291. The summed E-state index contributed by atoms with van der Waals surface area (Å²) in [5.41, 5.74) is 5.82. The largest absolute Gasteiger partial charge is 0.352 e. The van der Waals surface area contributed by atoms with Gasteiger partial charge in [0.1, 0.15) is 0 Å². The zero-order valence-corrected chi connectivity index (χ0v) is 12.1. The highest BCUT2D eigenvalue weighted by atomic mass is 16.2. The molecule has 1 amide bonds. The van der Waals surface area contributed by atoms with Crippen molar-refractivity contribution in [1.29, 1.82) is 0 Å². The van der Waals surface area contributed by atoms with Crippen LogP contribution >= 0.6 is 0 Å². The smallest absolute Gasteiger partial charge is 0.234 e. The van der Waals surface area contributed by atoms with Crippen molar-refractivity contribution in [2.45, 2.75) is 44.2 Å². The minimum atomic E-state index is 0.176. The first-order valence-corrected chi connectivity index (χ1v) is 7.61. The number of carbonyl (C=O) groups is 1. The molecule has 5 heteroatoms. The molecule has 1 saturated carbocycles. The number of rotatable bonds is 4. The molecule has 0 bridgehead atoms. The van der Waals surface area contributed by atoms with Gasteiger partial charge in [-0.05, 0) is 19.9 Å². The van der Waals surface area contributed by atoms with Gasteiger partial charge in [-0.1, -0.05) is 19.3 Å². The van der Waals surface area contributed by atoms with Gasteiger partial charge in [-0.25, -0.2) is 0 Å². The molecule has 110 valence electrons. The Morgan fingerprint density at radius 1 is 1.26 bits per heavy atom. The lowest BCUT2D eigenvalue weighted by Gasteiger charge is -2.39. The van der Waals surface area contributed by atoms with Crippen molar-refractivity contribution in [3.05, 3.63) is 0 Å². The molecule has 0 radical (unpaired) electrons. The molecule has 1 aliphatic heterocycles. The van der Waals surface area contributed by atoms with Crippen LogP contribution in [0.3, 0.4) is 0 Å². The number of likely N-dealkylation sites (N-methyl/N-ethyl adjacent to an activating group) is 1. The molecule has 2 rings (SSSR count). The fourth-order valence-electron chi connectivity index (χ4n) is 3.18. The second kappa shape index (κ2) is 7.22. The maximum atomic E-state index is 12.1. The van der Waals surface area contributed by atoms with E-state index in [1.54, 1.807) is 0 Å². The average molecular weight is 268 g/mol. The first kappa shape index (κ1) is 14.8.